The highest BCUT2D eigenvalue weighted by atomic mass is 35.5. The second kappa shape index (κ2) is 11.8. The molecule has 2 aromatic rings. The van der Waals surface area contributed by atoms with Gasteiger partial charge < -0.3 is 19.7 Å². The first-order valence-electron chi connectivity index (χ1n) is 11.1. The molecular formula is C25H31ClN2O4. The number of nitrogens with zero attached hydrogens (tertiary/aromatic N) is 1. The summed E-state index contributed by atoms with van der Waals surface area (Å²) in [5.74, 6) is 0.873. The van der Waals surface area contributed by atoms with E-state index in [1.807, 2.05) is 25.1 Å². The van der Waals surface area contributed by atoms with Crippen LogP contribution in [0.1, 0.15) is 44.6 Å². The number of carbonyl (C=O) groups excluding carboxylic acids is 2. The molecular weight excluding hydrogens is 428 g/mol. The van der Waals surface area contributed by atoms with Gasteiger partial charge in [-0.1, -0.05) is 49.6 Å². The third-order valence-corrected chi connectivity index (χ3v) is 6.18. The molecule has 1 N–H and O–H groups in total. The van der Waals surface area contributed by atoms with Crippen LogP contribution in [0, 0.1) is 0 Å². The zero-order valence-electron chi connectivity index (χ0n) is 18.7. The van der Waals surface area contributed by atoms with Crippen LogP contribution in [0.15, 0.2) is 48.5 Å². The summed E-state index contributed by atoms with van der Waals surface area (Å²) in [5.41, 5.74) is 0.791. The van der Waals surface area contributed by atoms with Gasteiger partial charge >= 0.3 is 0 Å². The number of amides is 2. The van der Waals surface area contributed by atoms with Gasteiger partial charge in [0, 0.05) is 17.6 Å². The maximum atomic E-state index is 13.3. The number of carbonyl (C=O) groups is 2. The van der Waals surface area contributed by atoms with Crippen LogP contribution in [0.2, 0.25) is 5.02 Å². The molecule has 1 aliphatic rings. The van der Waals surface area contributed by atoms with Gasteiger partial charge in [0.2, 0.25) is 5.91 Å². The summed E-state index contributed by atoms with van der Waals surface area (Å²) < 4.78 is 10.9. The molecule has 1 saturated carbocycles. The molecule has 1 fully saturated rings. The topological polar surface area (TPSA) is 67.9 Å². The van der Waals surface area contributed by atoms with E-state index in [9.17, 15) is 9.59 Å². The van der Waals surface area contributed by atoms with E-state index in [4.69, 9.17) is 21.1 Å². The Kier molecular flexibility index (Phi) is 8.80. The Morgan fingerprint density at radius 2 is 1.75 bits per heavy atom. The second-order valence-corrected chi connectivity index (χ2v) is 8.40. The van der Waals surface area contributed by atoms with Gasteiger partial charge in [0.1, 0.15) is 17.5 Å². The van der Waals surface area contributed by atoms with Crippen molar-refractivity contribution >= 4 is 23.4 Å². The molecule has 0 aliphatic heterocycles. The van der Waals surface area contributed by atoms with E-state index in [-0.39, 0.29) is 31.0 Å². The fourth-order valence-corrected chi connectivity index (χ4v) is 4.19. The van der Waals surface area contributed by atoms with Crippen LogP contribution >= 0.6 is 11.6 Å². The largest absolute Gasteiger partial charge is 0.497 e. The summed E-state index contributed by atoms with van der Waals surface area (Å²) in [6, 6.07) is 14.0. The number of halogens is 1. The van der Waals surface area contributed by atoms with Crippen LogP contribution in [-0.4, -0.2) is 42.5 Å². The fourth-order valence-electron chi connectivity index (χ4n) is 4.00. The Morgan fingerprint density at radius 1 is 1.09 bits per heavy atom. The standard InChI is InChI=1S/C25H31ClN2O4/c1-3-23(25(30)27-19-9-5-6-10-19)28(16-18-8-4-7-11-22(18)26)24(29)17-32-21-14-12-20(31-2)13-15-21/h4,7-8,11-15,19,23H,3,5-6,9-10,16-17H2,1-2H3,(H,27,30)/t23-/m0/s1. The quantitative estimate of drug-likeness (QED) is 0.565. The minimum absolute atomic E-state index is 0.121. The maximum absolute atomic E-state index is 13.3. The van der Waals surface area contributed by atoms with Crippen LogP contribution in [-0.2, 0) is 16.1 Å². The Balaban J connectivity index is 1.75. The molecule has 172 valence electrons. The molecule has 0 heterocycles. The normalized spacial score (nSPS) is 14.6. The summed E-state index contributed by atoms with van der Waals surface area (Å²) in [4.78, 5) is 27.9. The van der Waals surface area contributed by atoms with E-state index in [0.29, 0.717) is 22.9 Å². The van der Waals surface area contributed by atoms with Crippen molar-refractivity contribution in [3.63, 3.8) is 0 Å². The minimum atomic E-state index is -0.598. The van der Waals surface area contributed by atoms with Crippen LogP contribution in [0.4, 0.5) is 0 Å². The van der Waals surface area contributed by atoms with Crippen LogP contribution in [0.25, 0.3) is 0 Å². The molecule has 32 heavy (non-hydrogen) atoms. The van der Waals surface area contributed by atoms with Gasteiger partial charge in [-0.3, -0.25) is 9.59 Å². The molecule has 2 aromatic carbocycles. The number of methoxy groups -OCH3 is 1. The third kappa shape index (κ3) is 6.39. The van der Waals surface area contributed by atoms with Crippen molar-refractivity contribution in [3.05, 3.63) is 59.1 Å². The molecule has 3 rings (SSSR count). The van der Waals surface area contributed by atoms with Crippen molar-refractivity contribution < 1.29 is 19.1 Å². The minimum Gasteiger partial charge on any atom is -0.497 e. The summed E-state index contributed by atoms with van der Waals surface area (Å²) in [5, 5.41) is 3.69. The highest BCUT2D eigenvalue weighted by molar-refractivity contribution is 6.31. The van der Waals surface area contributed by atoms with Crippen molar-refractivity contribution in [2.24, 2.45) is 0 Å². The van der Waals surface area contributed by atoms with Gasteiger partial charge in [-0.25, -0.2) is 0 Å². The first kappa shape index (κ1) is 23.9. The molecule has 2 amide bonds. The Hall–Kier alpha value is -2.73. The summed E-state index contributed by atoms with van der Waals surface area (Å²) in [7, 11) is 1.59. The van der Waals surface area contributed by atoms with Crippen molar-refractivity contribution in [2.75, 3.05) is 13.7 Å². The maximum Gasteiger partial charge on any atom is 0.261 e. The van der Waals surface area contributed by atoms with Gasteiger partial charge in [-0.05, 0) is 55.2 Å². The molecule has 0 aromatic heterocycles. The zero-order chi connectivity index (χ0) is 22.9. The number of rotatable bonds is 10. The smallest absolute Gasteiger partial charge is 0.261 e. The van der Waals surface area contributed by atoms with Gasteiger partial charge in [-0.2, -0.15) is 0 Å². The lowest BCUT2D eigenvalue weighted by molar-refractivity contribution is -0.143. The zero-order valence-corrected chi connectivity index (χ0v) is 19.4. The molecule has 1 atom stereocenters. The Labute approximate surface area is 194 Å². The van der Waals surface area contributed by atoms with Gasteiger partial charge in [0.25, 0.3) is 5.91 Å². The number of ether oxygens (including phenoxy) is 2. The highest BCUT2D eigenvalue weighted by Crippen LogP contribution is 2.22. The predicted octanol–water partition coefficient (Wildman–Crippen LogP) is 4.59. The van der Waals surface area contributed by atoms with Gasteiger partial charge in [0.05, 0.1) is 7.11 Å². The van der Waals surface area contributed by atoms with E-state index in [1.54, 1.807) is 42.3 Å². The first-order valence-corrected chi connectivity index (χ1v) is 11.5. The highest BCUT2D eigenvalue weighted by Gasteiger charge is 2.31. The van der Waals surface area contributed by atoms with Gasteiger partial charge in [0.15, 0.2) is 6.61 Å². The van der Waals surface area contributed by atoms with Crippen LogP contribution < -0.4 is 14.8 Å². The van der Waals surface area contributed by atoms with Crippen LogP contribution in [0.5, 0.6) is 11.5 Å². The molecule has 0 spiro atoms. The molecule has 0 bridgehead atoms. The van der Waals surface area contributed by atoms with Crippen molar-refractivity contribution in [1.82, 2.24) is 10.2 Å². The molecule has 0 saturated heterocycles. The number of hydrogen-bond donors (Lipinski definition) is 1. The van der Waals surface area contributed by atoms with E-state index in [0.717, 1.165) is 31.2 Å². The summed E-state index contributed by atoms with van der Waals surface area (Å²) in [6.45, 7) is 1.97. The number of hydrogen-bond acceptors (Lipinski definition) is 4. The average molecular weight is 459 g/mol. The monoisotopic (exact) mass is 458 g/mol. The van der Waals surface area contributed by atoms with E-state index in [1.165, 1.54) is 0 Å². The molecule has 7 heteroatoms. The van der Waals surface area contributed by atoms with Crippen molar-refractivity contribution in [3.8, 4) is 11.5 Å². The van der Waals surface area contributed by atoms with Crippen molar-refractivity contribution in [1.29, 1.82) is 0 Å². The van der Waals surface area contributed by atoms with Crippen molar-refractivity contribution in [2.45, 2.75) is 57.7 Å². The number of benzene rings is 2. The molecule has 0 radical (unpaired) electrons. The lowest BCUT2D eigenvalue weighted by Crippen LogP contribution is -2.52. The fraction of sp³-hybridized carbons (Fsp3) is 0.440. The molecule has 6 nitrogen and oxygen atoms in total. The summed E-state index contributed by atoms with van der Waals surface area (Å²) >= 11 is 6.36. The Bertz CT molecular complexity index is 897. The van der Waals surface area contributed by atoms with Gasteiger partial charge in [-0.15, -0.1) is 0 Å². The lowest BCUT2D eigenvalue weighted by Gasteiger charge is -2.31. The molecule has 0 unspecified atom stereocenters. The second-order valence-electron chi connectivity index (χ2n) is 7.99. The Morgan fingerprint density at radius 3 is 2.38 bits per heavy atom. The van der Waals surface area contributed by atoms with E-state index in [2.05, 4.69) is 5.32 Å². The molecule has 1 aliphatic carbocycles. The summed E-state index contributed by atoms with van der Waals surface area (Å²) in [6.07, 6.45) is 4.72. The SMILES string of the molecule is CC[C@@H](C(=O)NC1CCCC1)N(Cc1ccccc1Cl)C(=O)COc1ccc(OC)cc1. The van der Waals surface area contributed by atoms with Crippen LogP contribution in [0.3, 0.4) is 0 Å². The first-order chi connectivity index (χ1) is 15.5. The predicted molar refractivity (Wildman–Crippen MR) is 125 cm³/mol. The average Bonchev–Trinajstić information content (AvgIpc) is 3.32. The van der Waals surface area contributed by atoms with E-state index >= 15 is 0 Å². The lowest BCUT2D eigenvalue weighted by atomic mass is 10.1. The third-order valence-electron chi connectivity index (χ3n) is 5.81. The number of nitrogens with one attached hydrogen (secondary N) is 1. The van der Waals surface area contributed by atoms with E-state index < -0.39 is 6.04 Å².